The van der Waals surface area contributed by atoms with Crippen molar-refractivity contribution < 1.29 is 18.3 Å². The van der Waals surface area contributed by atoms with Crippen LogP contribution >= 0.6 is 11.3 Å². The lowest BCUT2D eigenvalue weighted by Crippen LogP contribution is -2.51. The molecule has 7 heteroatoms. The Bertz CT molecular complexity index is 459. The third-order valence-electron chi connectivity index (χ3n) is 3.50. The maximum absolute atomic E-state index is 12.2. The van der Waals surface area contributed by atoms with Crippen LogP contribution in [-0.2, 0) is 0 Å². The van der Waals surface area contributed by atoms with E-state index < -0.39 is 12.5 Å². The molecule has 0 spiro atoms. The molecule has 0 saturated heterocycles. The van der Waals surface area contributed by atoms with E-state index in [0.717, 1.165) is 37.0 Å². The first-order valence-electron chi connectivity index (χ1n) is 6.60. The molecule has 1 aliphatic rings. The van der Waals surface area contributed by atoms with Crippen LogP contribution in [0.25, 0.3) is 0 Å². The second-order valence-electron chi connectivity index (χ2n) is 5.10. The van der Waals surface area contributed by atoms with Crippen molar-refractivity contribution in [2.45, 2.75) is 44.3 Å². The second-order valence-corrected chi connectivity index (χ2v) is 6.01. The zero-order valence-electron chi connectivity index (χ0n) is 11.0. The molecule has 1 aromatic rings. The van der Waals surface area contributed by atoms with Crippen molar-refractivity contribution in [2.24, 2.45) is 5.73 Å². The number of halogens is 2. The fraction of sp³-hybridized carbons (Fsp3) is 0.615. The molecule has 0 aliphatic heterocycles. The van der Waals surface area contributed by atoms with Gasteiger partial charge in [0.1, 0.15) is 10.6 Å². The van der Waals surface area contributed by atoms with Crippen molar-refractivity contribution in [2.75, 3.05) is 6.54 Å². The Kier molecular flexibility index (Phi) is 4.93. The van der Waals surface area contributed by atoms with Crippen molar-refractivity contribution in [1.29, 1.82) is 0 Å². The molecule has 1 saturated carbocycles. The van der Waals surface area contributed by atoms with Crippen LogP contribution in [0.15, 0.2) is 11.4 Å². The molecule has 20 heavy (non-hydrogen) atoms. The monoisotopic (exact) mass is 304 g/mol. The van der Waals surface area contributed by atoms with Gasteiger partial charge in [-0.15, -0.1) is 11.3 Å². The second kappa shape index (κ2) is 6.49. The molecule has 1 fully saturated rings. The molecule has 0 unspecified atom stereocenters. The van der Waals surface area contributed by atoms with Crippen molar-refractivity contribution in [3.8, 4) is 5.75 Å². The van der Waals surface area contributed by atoms with E-state index in [2.05, 4.69) is 10.1 Å². The molecule has 0 bridgehead atoms. The van der Waals surface area contributed by atoms with Gasteiger partial charge < -0.3 is 15.8 Å². The molecule has 4 nitrogen and oxygen atoms in total. The van der Waals surface area contributed by atoms with E-state index in [1.54, 1.807) is 5.38 Å². The molecule has 2 rings (SSSR count). The number of carbonyl (C=O) groups excluding carboxylic acids is 1. The van der Waals surface area contributed by atoms with Gasteiger partial charge in [0.05, 0.1) is 0 Å². The topological polar surface area (TPSA) is 64.3 Å². The molecule has 1 amide bonds. The lowest BCUT2D eigenvalue weighted by molar-refractivity contribution is -0.0498. The van der Waals surface area contributed by atoms with E-state index in [1.165, 1.54) is 12.5 Å². The number of amides is 1. The normalized spacial score (nSPS) is 18.0. The third kappa shape index (κ3) is 3.89. The lowest BCUT2D eigenvalue weighted by Gasteiger charge is -2.33. The summed E-state index contributed by atoms with van der Waals surface area (Å²) in [6.45, 7) is -2.58. The Hall–Kier alpha value is -1.21. The minimum atomic E-state index is -2.93. The van der Waals surface area contributed by atoms with Crippen LogP contribution in [-0.4, -0.2) is 24.6 Å². The van der Waals surface area contributed by atoms with E-state index in [9.17, 15) is 13.6 Å². The summed E-state index contributed by atoms with van der Waals surface area (Å²) in [4.78, 5) is 12.2. The van der Waals surface area contributed by atoms with Crippen LogP contribution in [0.2, 0.25) is 0 Å². The van der Waals surface area contributed by atoms with Gasteiger partial charge in [-0.2, -0.15) is 8.78 Å². The Morgan fingerprint density at radius 1 is 1.45 bits per heavy atom. The molecular formula is C13H18F2N2O2S. The highest BCUT2D eigenvalue weighted by Gasteiger charge is 2.28. The highest BCUT2D eigenvalue weighted by Crippen LogP contribution is 2.28. The Morgan fingerprint density at radius 2 is 2.15 bits per heavy atom. The fourth-order valence-corrected chi connectivity index (χ4v) is 3.16. The summed E-state index contributed by atoms with van der Waals surface area (Å²) in [5, 5.41) is 4.28. The van der Waals surface area contributed by atoms with E-state index in [0.29, 0.717) is 6.54 Å². The number of carbonyl (C=O) groups is 1. The number of nitrogens with one attached hydrogen (secondary N) is 1. The SMILES string of the molecule is NC1(CNC(=O)c2sccc2OC(F)F)CCCCC1. The largest absolute Gasteiger partial charge is 0.433 e. The van der Waals surface area contributed by atoms with Crippen LogP contribution in [0.1, 0.15) is 41.8 Å². The van der Waals surface area contributed by atoms with E-state index in [-0.39, 0.29) is 16.2 Å². The van der Waals surface area contributed by atoms with Gasteiger partial charge in [0, 0.05) is 12.1 Å². The zero-order chi connectivity index (χ0) is 14.6. The van der Waals surface area contributed by atoms with Crippen molar-refractivity contribution in [3.63, 3.8) is 0 Å². The zero-order valence-corrected chi connectivity index (χ0v) is 11.8. The summed E-state index contributed by atoms with van der Waals surface area (Å²) < 4.78 is 28.7. The Morgan fingerprint density at radius 3 is 2.80 bits per heavy atom. The number of ether oxygens (including phenoxy) is 1. The predicted octanol–water partition coefficient (Wildman–Crippen LogP) is 2.74. The molecule has 112 valence electrons. The summed E-state index contributed by atoms with van der Waals surface area (Å²) in [6, 6.07) is 1.37. The molecule has 1 heterocycles. The molecule has 0 atom stereocenters. The number of nitrogens with two attached hydrogens (primary N) is 1. The third-order valence-corrected chi connectivity index (χ3v) is 4.40. The molecule has 3 N–H and O–H groups in total. The fourth-order valence-electron chi connectivity index (χ4n) is 2.42. The summed E-state index contributed by atoms with van der Waals surface area (Å²) >= 11 is 1.07. The maximum atomic E-state index is 12.2. The summed E-state index contributed by atoms with van der Waals surface area (Å²) in [7, 11) is 0. The quantitative estimate of drug-likeness (QED) is 0.879. The number of alkyl halides is 2. The lowest BCUT2D eigenvalue weighted by atomic mass is 9.82. The van der Waals surface area contributed by atoms with Crippen molar-refractivity contribution >= 4 is 17.2 Å². The Labute approximate surface area is 120 Å². The number of hydrogen-bond acceptors (Lipinski definition) is 4. The number of rotatable bonds is 5. The molecular weight excluding hydrogens is 286 g/mol. The Balaban J connectivity index is 1.93. The molecule has 0 aromatic carbocycles. The number of thiophene rings is 1. The average Bonchev–Trinajstić information content (AvgIpc) is 2.84. The van der Waals surface area contributed by atoms with Gasteiger partial charge in [-0.05, 0) is 24.3 Å². The van der Waals surface area contributed by atoms with Gasteiger partial charge in [0.15, 0.2) is 0 Å². The standard InChI is InChI=1S/C13H18F2N2O2S/c14-12(15)19-9-4-7-20-10(9)11(18)17-8-13(16)5-2-1-3-6-13/h4,7,12H,1-3,5-6,8,16H2,(H,17,18). The molecule has 1 aromatic heterocycles. The smallest absolute Gasteiger partial charge is 0.387 e. The van der Waals surface area contributed by atoms with Crippen LogP contribution < -0.4 is 15.8 Å². The molecule has 0 radical (unpaired) electrons. The van der Waals surface area contributed by atoms with E-state index >= 15 is 0 Å². The summed E-state index contributed by atoms with van der Waals surface area (Å²) in [5.41, 5.74) is 5.84. The number of hydrogen-bond donors (Lipinski definition) is 2. The van der Waals surface area contributed by atoms with Crippen LogP contribution in [0, 0.1) is 0 Å². The van der Waals surface area contributed by atoms with Gasteiger partial charge >= 0.3 is 6.61 Å². The van der Waals surface area contributed by atoms with Crippen molar-refractivity contribution in [1.82, 2.24) is 5.32 Å². The van der Waals surface area contributed by atoms with Gasteiger partial charge in [-0.3, -0.25) is 4.79 Å². The first-order chi connectivity index (χ1) is 9.50. The summed E-state index contributed by atoms with van der Waals surface area (Å²) in [5.74, 6) is -0.497. The van der Waals surface area contributed by atoms with Gasteiger partial charge in [0.25, 0.3) is 5.91 Å². The van der Waals surface area contributed by atoms with E-state index in [4.69, 9.17) is 5.73 Å². The minimum absolute atomic E-state index is 0.0859. The van der Waals surface area contributed by atoms with Crippen LogP contribution in [0.5, 0.6) is 5.75 Å². The first-order valence-corrected chi connectivity index (χ1v) is 7.47. The van der Waals surface area contributed by atoms with Crippen LogP contribution in [0.4, 0.5) is 8.78 Å². The summed E-state index contributed by atoms with van der Waals surface area (Å²) in [6.07, 6.45) is 5.04. The first kappa shape index (κ1) is 15.2. The molecule has 1 aliphatic carbocycles. The van der Waals surface area contributed by atoms with Gasteiger partial charge in [-0.1, -0.05) is 19.3 Å². The average molecular weight is 304 g/mol. The predicted molar refractivity (Wildman–Crippen MR) is 73.3 cm³/mol. The van der Waals surface area contributed by atoms with Crippen LogP contribution in [0.3, 0.4) is 0 Å². The van der Waals surface area contributed by atoms with Gasteiger partial charge in [0.2, 0.25) is 0 Å². The highest BCUT2D eigenvalue weighted by molar-refractivity contribution is 7.12. The van der Waals surface area contributed by atoms with Gasteiger partial charge in [-0.25, -0.2) is 0 Å². The maximum Gasteiger partial charge on any atom is 0.387 e. The van der Waals surface area contributed by atoms with E-state index in [1.807, 2.05) is 0 Å². The highest BCUT2D eigenvalue weighted by atomic mass is 32.1. The minimum Gasteiger partial charge on any atom is -0.433 e. The van der Waals surface area contributed by atoms with Crippen molar-refractivity contribution in [3.05, 3.63) is 16.3 Å².